The third kappa shape index (κ3) is 10.8. The monoisotopic (exact) mass is 1030 g/mol. The summed E-state index contributed by atoms with van der Waals surface area (Å²) in [4.78, 5) is 14.1. The van der Waals surface area contributed by atoms with Crippen LogP contribution in [0.2, 0.25) is 0 Å². The number of Topliss-reactive ketones (excluding diaryl/α,β-unsaturated/α-hetero) is 1. The highest BCUT2D eigenvalue weighted by Gasteiger charge is 2.63. The van der Waals surface area contributed by atoms with E-state index >= 15 is 0 Å². The van der Waals surface area contributed by atoms with Gasteiger partial charge in [0.25, 0.3) is 0 Å². The Morgan fingerprint density at radius 1 is 0.639 bits per heavy atom. The van der Waals surface area contributed by atoms with Crippen LogP contribution in [0.4, 0.5) is 0 Å². The zero-order valence-corrected chi connectivity index (χ0v) is 41.7. The van der Waals surface area contributed by atoms with Gasteiger partial charge in [0.05, 0.1) is 32.5 Å². The summed E-state index contributed by atoms with van der Waals surface area (Å²) in [7, 11) is 0. The number of ether oxygens (including phenoxy) is 8. The lowest BCUT2D eigenvalue weighted by Gasteiger charge is -2.58. The number of aliphatic hydroxyl groups excluding tert-OH is 13. The van der Waals surface area contributed by atoms with E-state index < -0.39 is 149 Å². The molecule has 4 saturated heterocycles. The first-order valence-corrected chi connectivity index (χ1v) is 26.2. The van der Waals surface area contributed by atoms with Crippen LogP contribution in [-0.4, -0.2) is 228 Å². The van der Waals surface area contributed by atoms with Crippen molar-refractivity contribution in [2.45, 2.75) is 215 Å². The van der Waals surface area contributed by atoms with E-state index in [1.54, 1.807) is 0 Å². The Balaban J connectivity index is 1.02. The fourth-order valence-corrected chi connectivity index (χ4v) is 14.0. The number of rotatable bonds is 17. The molecule has 0 aromatic heterocycles. The fraction of sp³-hybridized carbons (Fsp3) is 0.940. The number of hydrogen-bond acceptors (Lipinski definition) is 22. The van der Waals surface area contributed by atoms with Gasteiger partial charge in [-0.15, -0.1) is 0 Å². The van der Waals surface area contributed by atoms with Crippen LogP contribution in [0.1, 0.15) is 91.9 Å². The average Bonchev–Trinajstić information content (AvgIpc) is 3.63. The molecule has 4 aliphatic heterocycles. The second-order valence-corrected chi connectivity index (χ2v) is 22.9. The molecule has 0 radical (unpaired) electrons. The van der Waals surface area contributed by atoms with E-state index in [9.17, 15) is 71.2 Å². The molecule has 3 saturated carbocycles. The molecule has 4 heterocycles. The molecule has 72 heavy (non-hydrogen) atoms. The third-order valence-electron chi connectivity index (χ3n) is 18.2. The molecule has 13 N–H and O–H groups in total. The van der Waals surface area contributed by atoms with Crippen molar-refractivity contribution in [3.05, 3.63) is 11.6 Å². The molecule has 22 heteroatoms. The number of carbonyl (C=O) groups is 1. The van der Waals surface area contributed by atoms with Gasteiger partial charge in [0.2, 0.25) is 0 Å². The molecule has 414 valence electrons. The molecule has 8 rings (SSSR count). The number of allylic oxidation sites excluding steroid dienone is 1. The number of carbonyl (C=O) groups excluding carboxylic acids is 1. The fourth-order valence-electron chi connectivity index (χ4n) is 14.0. The van der Waals surface area contributed by atoms with Crippen LogP contribution in [0.3, 0.4) is 0 Å². The Hall–Kier alpha value is -1.43. The normalized spacial score (nSPS) is 50.2. The highest BCUT2D eigenvalue weighted by atomic mass is 16.8. The number of hydrogen-bond donors (Lipinski definition) is 13. The van der Waals surface area contributed by atoms with Crippen molar-refractivity contribution in [3.63, 3.8) is 0 Å². The molecule has 8 aliphatic rings. The van der Waals surface area contributed by atoms with Gasteiger partial charge in [-0.2, -0.15) is 0 Å². The van der Waals surface area contributed by atoms with Crippen molar-refractivity contribution in [1.82, 2.24) is 0 Å². The molecule has 0 aromatic carbocycles. The van der Waals surface area contributed by atoms with E-state index in [0.29, 0.717) is 43.8 Å². The second-order valence-electron chi connectivity index (χ2n) is 22.9. The predicted molar refractivity (Wildman–Crippen MR) is 245 cm³/mol. The molecule has 0 amide bonds. The molecule has 27 atom stereocenters. The highest BCUT2D eigenvalue weighted by molar-refractivity contribution is 5.85. The zero-order valence-electron chi connectivity index (χ0n) is 41.7. The lowest BCUT2D eigenvalue weighted by Crippen LogP contribution is -2.67. The minimum absolute atomic E-state index is 0.0783. The van der Waals surface area contributed by atoms with Crippen LogP contribution in [0, 0.1) is 46.3 Å². The van der Waals surface area contributed by atoms with E-state index in [2.05, 4.69) is 33.8 Å². The lowest BCUT2D eigenvalue weighted by molar-refractivity contribution is -0.396. The van der Waals surface area contributed by atoms with E-state index in [1.807, 2.05) is 0 Å². The van der Waals surface area contributed by atoms with Crippen molar-refractivity contribution >= 4 is 5.78 Å². The van der Waals surface area contributed by atoms with Crippen LogP contribution in [0.5, 0.6) is 0 Å². The molecule has 0 bridgehead atoms. The Morgan fingerprint density at radius 3 is 1.82 bits per heavy atom. The first-order valence-electron chi connectivity index (χ1n) is 26.2. The van der Waals surface area contributed by atoms with Gasteiger partial charge < -0.3 is 104 Å². The maximum atomic E-state index is 14.1. The summed E-state index contributed by atoms with van der Waals surface area (Å²) in [5, 5.41) is 139. The number of fused-ring (bicyclic) bond motifs is 5. The quantitative estimate of drug-likeness (QED) is 0.0669. The smallest absolute Gasteiger partial charge is 0.187 e. The molecule has 7 fully saturated rings. The topological polar surface area (TPSA) is 354 Å². The lowest BCUT2D eigenvalue weighted by atomic mass is 9.47. The largest absolute Gasteiger partial charge is 0.396 e. The van der Waals surface area contributed by atoms with Crippen molar-refractivity contribution in [3.8, 4) is 0 Å². The SMILES string of the molecule is CC(C)CCCC(CO)C1CC(=O)C2C3CC=C4CC(OC5OC(CO)C(OC6OC(CO)C(O)C(O)C6O)C(OC6OCC(O)C(O)C6OC6OC(CO)C(O)C(O)C6O)C5O)CCC4(C)C3CCC12C. The van der Waals surface area contributed by atoms with Gasteiger partial charge in [-0.25, -0.2) is 0 Å². The van der Waals surface area contributed by atoms with E-state index in [0.717, 1.165) is 32.1 Å². The summed E-state index contributed by atoms with van der Waals surface area (Å²) < 4.78 is 48.0. The Labute approximate surface area is 419 Å². The summed E-state index contributed by atoms with van der Waals surface area (Å²) in [5.41, 5.74) is 0.731. The Morgan fingerprint density at radius 2 is 1.22 bits per heavy atom. The summed E-state index contributed by atoms with van der Waals surface area (Å²) in [5.74, 6) is 1.40. The molecule has 27 unspecified atom stereocenters. The van der Waals surface area contributed by atoms with Crippen LogP contribution in [0.15, 0.2) is 11.6 Å². The molecule has 22 nitrogen and oxygen atoms in total. The standard InChI is InChI=1S/C50H82O22/c1-21(2)6-5-7-22(16-51)27-15-28(55)33-25-9-8-23-14-24(10-12-49(23,3)26(25)11-13-50(27,33)4)66-47-41(64)43(42(32(19-54)69-47)70-45-39(62)37(60)35(58)30(17-52)67-45)71-48-44(34(57)29(56)20-65-48)72-46-40(63)38(61)36(59)31(18-53)68-46/h8,21-22,24-27,29-48,51-54,56-64H,5-7,9-20H2,1-4H3. The molecule has 0 aromatic rings. The zero-order chi connectivity index (χ0) is 52.1. The van der Waals surface area contributed by atoms with Crippen molar-refractivity contribution < 1.29 is 109 Å². The van der Waals surface area contributed by atoms with E-state index in [4.69, 9.17) is 37.9 Å². The Kier molecular flexibility index (Phi) is 18.3. The van der Waals surface area contributed by atoms with Crippen LogP contribution >= 0.6 is 0 Å². The van der Waals surface area contributed by atoms with Gasteiger partial charge in [-0.3, -0.25) is 4.79 Å². The summed E-state index contributed by atoms with van der Waals surface area (Å²) in [6, 6.07) is 0. The maximum Gasteiger partial charge on any atom is 0.187 e. The predicted octanol–water partition coefficient (Wildman–Crippen LogP) is -2.52. The van der Waals surface area contributed by atoms with Gasteiger partial charge >= 0.3 is 0 Å². The number of ketones is 1. The van der Waals surface area contributed by atoms with Gasteiger partial charge in [-0.05, 0) is 85.4 Å². The van der Waals surface area contributed by atoms with Gasteiger partial charge in [0.1, 0.15) is 97.3 Å². The minimum Gasteiger partial charge on any atom is -0.396 e. The minimum atomic E-state index is -1.95. The molecular weight excluding hydrogens is 953 g/mol. The van der Waals surface area contributed by atoms with Crippen molar-refractivity contribution in [2.75, 3.05) is 33.0 Å². The van der Waals surface area contributed by atoms with Crippen LogP contribution in [0.25, 0.3) is 0 Å². The van der Waals surface area contributed by atoms with Crippen molar-refractivity contribution in [2.24, 2.45) is 46.3 Å². The van der Waals surface area contributed by atoms with E-state index in [1.165, 1.54) is 5.57 Å². The van der Waals surface area contributed by atoms with Gasteiger partial charge in [0.15, 0.2) is 25.2 Å². The second kappa shape index (κ2) is 23.3. The van der Waals surface area contributed by atoms with Crippen LogP contribution < -0.4 is 0 Å². The summed E-state index contributed by atoms with van der Waals surface area (Å²) in [6.45, 7) is 6.04. The first kappa shape index (κ1) is 56.8. The van der Waals surface area contributed by atoms with Crippen LogP contribution in [-0.2, 0) is 42.7 Å². The van der Waals surface area contributed by atoms with Gasteiger partial charge in [-0.1, -0.05) is 52.2 Å². The molecule has 0 spiro atoms. The average molecular weight is 1040 g/mol. The number of aliphatic hydroxyl groups is 13. The van der Waals surface area contributed by atoms with Gasteiger partial charge in [0, 0.05) is 18.9 Å². The van der Waals surface area contributed by atoms with E-state index in [-0.39, 0.29) is 47.0 Å². The highest BCUT2D eigenvalue weighted by Crippen LogP contribution is 2.66. The molecule has 4 aliphatic carbocycles. The Bertz CT molecular complexity index is 1820. The van der Waals surface area contributed by atoms with Crippen molar-refractivity contribution in [1.29, 1.82) is 0 Å². The maximum absolute atomic E-state index is 14.1. The summed E-state index contributed by atoms with van der Waals surface area (Å²) in [6.07, 6.45) is -23.5. The molecular formula is C50H82O22. The third-order valence-corrected chi connectivity index (χ3v) is 18.2. The summed E-state index contributed by atoms with van der Waals surface area (Å²) >= 11 is 0. The first-order chi connectivity index (χ1) is 34.2.